The molecule has 0 bridgehead atoms. The van der Waals surface area contributed by atoms with Gasteiger partial charge in [-0.15, -0.1) is 0 Å². The Bertz CT molecular complexity index is 678. The predicted molar refractivity (Wildman–Crippen MR) is 90.7 cm³/mol. The van der Waals surface area contributed by atoms with Crippen molar-refractivity contribution in [2.45, 2.75) is 51.5 Å². The van der Waals surface area contributed by atoms with Crippen molar-refractivity contribution in [1.82, 2.24) is 4.57 Å². The Kier molecular flexibility index (Phi) is 4.38. The number of hydrogen-bond donors (Lipinski definition) is 0. The van der Waals surface area contributed by atoms with E-state index in [9.17, 15) is 9.18 Å². The molecule has 0 unspecified atom stereocenters. The van der Waals surface area contributed by atoms with Gasteiger partial charge in [-0.2, -0.15) is 0 Å². The summed E-state index contributed by atoms with van der Waals surface area (Å²) in [6.45, 7) is 3.98. The largest absolute Gasteiger partial charge is 0.341 e. The highest BCUT2D eigenvalue weighted by molar-refractivity contribution is 5.88. The maximum atomic E-state index is 13.1. The lowest BCUT2D eigenvalue weighted by molar-refractivity contribution is -0.132. The fourth-order valence-electron chi connectivity index (χ4n) is 3.78. The number of carbonyl (C=O) groups is 1. The Morgan fingerprint density at radius 2 is 1.70 bits per heavy atom. The van der Waals surface area contributed by atoms with Crippen molar-refractivity contribution < 1.29 is 9.18 Å². The van der Waals surface area contributed by atoms with E-state index < -0.39 is 5.54 Å². The molecule has 0 atom stereocenters. The van der Waals surface area contributed by atoms with Gasteiger partial charge in [0.2, 0.25) is 0 Å². The highest BCUT2D eigenvalue weighted by atomic mass is 19.1. The third-order valence-electron chi connectivity index (χ3n) is 5.03. The van der Waals surface area contributed by atoms with E-state index in [-0.39, 0.29) is 11.7 Å². The van der Waals surface area contributed by atoms with Crippen molar-refractivity contribution in [2.75, 3.05) is 0 Å². The summed E-state index contributed by atoms with van der Waals surface area (Å²) in [5, 5.41) is 0. The molecule has 1 aromatic heterocycles. The summed E-state index contributed by atoms with van der Waals surface area (Å²) in [6.07, 6.45) is 9.32. The van der Waals surface area contributed by atoms with Crippen molar-refractivity contribution in [3.8, 4) is 11.1 Å². The minimum absolute atomic E-state index is 0.0322. The van der Waals surface area contributed by atoms with E-state index in [2.05, 4.69) is 10.8 Å². The first kappa shape index (κ1) is 16.0. The zero-order valence-electron chi connectivity index (χ0n) is 13.9. The molecule has 0 aliphatic heterocycles. The summed E-state index contributed by atoms with van der Waals surface area (Å²) in [4.78, 5) is 12.9. The van der Waals surface area contributed by atoms with Gasteiger partial charge in [0.1, 0.15) is 11.4 Å². The minimum atomic E-state index is -0.398. The molecule has 0 spiro atoms. The van der Waals surface area contributed by atoms with E-state index in [4.69, 9.17) is 0 Å². The van der Waals surface area contributed by atoms with E-state index in [1.807, 2.05) is 26.1 Å². The topological polar surface area (TPSA) is 22.0 Å². The molecule has 1 aromatic carbocycles. The second kappa shape index (κ2) is 6.31. The lowest BCUT2D eigenvalue weighted by Gasteiger charge is -2.38. The van der Waals surface area contributed by atoms with Crippen LogP contribution in [0, 0.1) is 11.7 Å². The predicted octanol–water partition coefficient (Wildman–Crippen LogP) is 5.18. The smallest absolute Gasteiger partial charge is 0.161 e. The summed E-state index contributed by atoms with van der Waals surface area (Å²) in [6, 6.07) is 8.54. The van der Waals surface area contributed by atoms with Crippen molar-refractivity contribution >= 4 is 5.78 Å². The molecule has 2 nitrogen and oxygen atoms in total. The molecular weight excluding hydrogens is 289 g/mol. The molecule has 0 amide bonds. The fraction of sp³-hybridized carbons (Fsp3) is 0.450. The van der Waals surface area contributed by atoms with Crippen molar-refractivity contribution in [3.05, 3.63) is 48.5 Å². The molecular formula is C20H24FNO. The Morgan fingerprint density at radius 1 is 1.04 bits per heavy atom. The fourth-order valence-corrected chi connectivity index (χ4v) is 3.78. The van der Waals surface area contributed by atoms with Crippen LogP contribution in [0.15, 0.2) is 42.7 Å². The second-order valence-corrected chi connectivity index (χ2v) is 6.93. The van der Waals surface area contributed by atoms with Crippen LogP contribution in [0.5, 0.6) is 0 Å². The maximum Gasteiger partial charge on any atom is 0.161 e. The van der Waals surface area contributed by atoms with Gasteiger partial charge < -0.3 is 4.57 Å². The molecule has 3 rings (SSSR count). The summed E-state index contributed by atoms with van der Waals surface area (Å²) in [5.41, 5.74) is 1.62. The third kappa shape index (κ3) is 2.97. The van der Waals surface area contributed by atoms with E-state index in [0.717, 1.165) is 36.8 Å². The van der Waals surface area contributed by atoms with Crippen molar-refractivity contribution in [2.24, 2.45) is 5.92 Å². The highest BCUT2D eigenvalue weighted by Crippen LogP contribution is 2.39. The zero-order chi connectivity index (χ0) is 16.4. The standard InChI is InChI=1S/C20H24FNO/c1-15(2)19(23)20(11-4-3-5-12-20)22-13-10-17(14-22)16-6-8-18(21)9-7-16/h6-10,13-15H,3-5,11-12H2,1-2H3. The monoisotopic (exact) mass is 313 g/mol. The molecule has 1 fully saturated rings. The molecule has 1 aliphatic rings. The van der Waals surface area contributed by atoms with Gasteiger partial charge >= 0.3 is 0 Å². The average Bonchev–Trinajstić information content (AvgIpc) is 3.06. The van der Waals surface area contributed by atoms with Gasteiger partial charge in [-0.3, -0.25) is 4.79 Å². The SMILES string of the molecule is CC(C)C(=O)C1(n2ccc(-c3ccc(F)cc3)c2)CCCCC1. The van der Waals surface area contributed by atoms with Crippen LogP contribution in [0.1, 0.15) is 46.0 Å². The molecule has 3 heteroatoms. The summed E-state index contributed by atoms with van der Waals surface area (Å²) < 4.78 is 15.2. The van der Waals surface area contributed by atoms with Gasteiger partial charge in [-0.1, -0.05) is 45.2 Å². The highest BCUT2D eigenvalue weighted by Gasteiger charge is 2.41. The van der Waals surface area contributed by atoms with Gasteiger partial charge in [0.15, 0.2) is 5.78 Å². The summed E-state index contributed by atoms with van der Waals surface area (Å²) in [7, 11) is 0. The molecule has 0 radical (unpaired) electrons. The molecule has 0 N–H and O–H groups in total. The van der Waals surface area contributed by atoms with Gasteiger partial charge in [0.05, 0.1) is 0 Å². The van der Waals surface area contributed by atoms with Crippen LogP contribution in [-0.4, -0.2) is 10.4 Å². The minimum Gasteiger partial charge on any atom is -0.341 e. The van der Waals surface area contributed by atoms with Gasteiger partial charge in [0.25, 0.3) is 0 Å². The number of nitrogens with zero attached hydrogens (tertiary/aromatic N) is 1. The number of halogens is 1. The molecule has 1 aliphatic carbocycles. The second-order valence-electron chi connectivity index (χ2n) is 6.93. The van der Waals surface area contributed by atoms with Gasteiger partial charge in [0, 0.05) is 18.3 Å². The molecule has 1 heterocycles. The van der Waals surface area contributed by atoms with Gasteiger partial charge in [-0.05, 0) is 42.2 Å². The van der Waals surface area contributed by atoms with Crippen LogP contribution in [0.4, 0.5) is 4.39 Å². The van der Waals surface area contributed by atoms with Crippen LogP contribution in [0.3, 0.4) is 0 Å². The Balaban J connectivity index is 1.98. The number of aromatic nitrogens is 1. The zero-order valence-corrected chi connectivity index (χ0v) is 13.9. The van der Waals surface area contributed by atoms with Crippen LogP contribution >= 0.6 is 0 Å². The van der Waals surface area contributed by atoms with Crippen LogP contribution in [0.2, 0.25) is 0 Å². The quantitative estimate of drug-likeness (QED) is 0.762. The maximum absolute atomic E-state index is 13.1. The first-order valence-electron chi connectivity index (χ1n) is 8.52. The number of hydrogen-bond acceptors (Lipinski definition) is 1. The summed E-state index contributed by atoms with van der Waals surface area (Å²) >= 11 is 0. The Morgan fingerprint density at radius 3 is 2.30 bits per heavy atom. The van der Waals surface area contributed by atoms with Gasteiger partial charge in [-0.25, -0.2) is 4.39 Å². The first-order chi connectivity index (χ1) is 11.0. The van der Waals surface area contributed by atoms with E-state index in [1.165, 1.54) is 18.6 Å². The molecule has 0 saturated heterocycles. The molecule has 122 valence electrons. The van der Waals surface area contributed by atoms with Crippen LogP contribution < -0.4 is 0 Å². The number of rotatable bonds is 4. The normalized spacial score (nSPS) is 17.4. The molecule has 23 heavy (non-hydrogen) atoms. The first-order valence-corrected chi connectivity index (χ1v) is 8.52. The van der Waals surface area contributed by atoms with E-state index in [1.54, 1.807) is 12.1 Å². The third-order valence-corrected chi connectivity index (χ3v) is 5.03. The number of ketones is 1. The van der Waals surface area contributed by atoms with E-state index in [0.29, 0.717) is 5.78 Å². The number of carbonyl (C=O) groups excluding carboxylic acids is 1. The van der Waals surface area contributed by atoms with Crippen LogP contribution in [0.25, 0.3) is 11.1 Å². The molecule has 2 aromatic rings. The number of benzene rings is 1. The average molecular weight is 313 g/mol. The van der Waals surface area contributed by atoms with Crippen molar-refractivity contribution in [3.63, 3.8) is 0 Å². The summed E-state index contributed by atoms with van der Waals surface area (Å²) in [5.74, 6) is 0.134. The number of Topliss-reactive ketones (excluding diaryl/α,β-unsaturated/α-hetero) is 1. The lowest BCUT2D eigenvalue weighted by Crippen LogP contribution is -2.45. The van der Waals surface area contributed by atoms with E-state index >= 15 is 0 Å². The Hall–Kier alpha value is -1.90. The van der Waals surface area contributed by atoms with Crippen molar-refractivity contribution in [1.29, 1.82) is 0 Å². The van der Waals surface area contributed by atoms with Crippen LogP contribution in [-0.2, 0) is 10.3 Å². The lowest BCUT2D eigenvalue weighted by atomic mass is 9.75. The Labute approximate surface area is 137 Å². The molecule has 1 saturated carbocycles.